The van der Waals surface area contributed by atoms with Gasteiger partial charge in [-0.05, 0) is 24.3 Å². The molecule has 2 aromatic rings. The minimum Gasteiger partial charge on any atom is -0.496 e. The van der Waals surface area contributed by atoms with Gasteiger partial charge in [-0.2, -0.15) is 5.26 Å². The van der Waals surface area contributed by atoms with Crippen LogP contribution in [-0.2, 0) is 0 Å². The van der Waals surface area contributed by atoms with Crippen molar-refractivity contribution in [3.05, 3.63) is 48.3 Å². The summed E-state index contributed by atoms with van der Waals surface area (Å²) in [5.74, 6) is 0.743. The quantitative estimate of drug-likeness (QED) is 0.765. The first-order valence-electron chi connectivity index (χ1n) is 4.83. The van der Waals surface area contributed by atoms with Gasteiger partial charge in [0.25, 0.3) is 0 Å². The van der Waals surface area contributed by atoms with Crippen molar-refractivity contribution < 1.29 is 4.74 Å². The van der Waals surface area contributed by atoms with E-state index in [-0.39, 0.29) is 0 Å². The van der Waals surface area contributed by atoms with Gasteiger partial charge in [0, 0.05) is 23.5 Å². The number of hydrogen-bond donors (Lipinski definition) is 0. The molecule has 0 unspecified atom stereocenters. The van der Waals surface area contributed by atoms with Crippen molar-refractivity contribution in [2.45, 2.75) is 0 Å². The van der Waals surface area contributed by atoms with Gasteiger partial charge in [0.15, 0.2) is 0 Å². The van der Waals surface area contributed by atoms with Crippen LogP contribution in [0, 0.1) is 11.3 Å². The summed E-state index contributed by atoms with van der Waals surface area (Å²) in [5, 5.41) is 8.87. The standard InChI is InChI=1S/C13H10N2O/c1-16-13-5-4-10(8-14)7-12(13)11-3-2-6-15-9-11/h2-7,9H,1H3. The highest BCUT2D eigenvalue weighted by Gasteiger charge is 2.06. The Balaban J connectivity index is 2.59. The van der Waals surface area contributed by atoms with Gasteiger partial charge < -0.3 is 4.74 Å². The van der Waals surface area contributed by atoms with Crippen LogP contribution in [0.2, 0.25) is 0 Å². The third-order valence-corrected chi connectivity index (χ3v) is 2.30. The molecule has 0 spiro atoms. The lowest BCUT2D eigenvalue weighted by Crippen LogP contribution is -1.89. The van der Waals surface area contributed by atoms with Gasteiger partial charge in [-0.1, -0.05) is 6.07 Å². The number of rotatable bonds is 2. The second-order valence-electron chi connectivity index (χ2n) is 3.27. The molecule has 2 rings (SSSR count). The topological polar surface area (TPSA) is 45.9 Å². The monoisotopic (exact) mass is 210 g/mol. The Labute approximate surface area is 93.9 Å². The van der Waals surface area contributed by atoms with Gasteiger partial charge in [0.1, 0.15) is 5.75 Å². The molecule has 0 amide bonds. The minimum absolute atomic E-state index is 0.611. The van der Waals surface area contributed by atoms with Gasteiger partial charge in [-0.25, -0.2) is 0 Å². The molecule has 1 aromatic heterocycles. The van der Waals surface area contributed by atoms with Crippen LogP contribution >= 0.6 is 0 Å². The van der Waals surface area contributed by atoms with Crippen LogP contribution < -0.4 is 4.74 Å². The Bertz CT molecular complexity index is 529. The molecule has 0 saturated carbocycles. The zero-order valence-corrected chi connectivity index (χ0v) is 8.84. The first kappa shape index (κ1) is 10.2. The number of hydrogen-bond acceptors (Lipinski definition) is 3. The third kappa shape index (κ3) is 1.86. The molecule has 0 aliphatic carbocycles. The van der Waals surface area contributed by atoms with Gasteiger partial charge in [0.05, 0.1) is 18.7 Å². The predicted molar refractivity (Wildman–Crippen MR) is 60.9 cm³/mol. The van der Waals surface area contributed by atoms with E-state index in [9.17, 15) is 0 Å². The lowest BCUT2D eigenvalue weighted by molar-refractivity contribution is 0.416. The Hall–Kier alpha value is -2.34. The van der Waals surface area contributed by atoms with Crippen LogP contribution in [0.25, 0.3) is 11.1 Å². The van der Waals surface area contributed by atoms with Gasteiger partial charge in [0.2, 0.25) is 0 Å². The van der Waals surface area contributed by atoms with E-state index in [0.717, 1.165) is 16.9 Å². The van der Waals surface area contributed by atoms with Crippen molar-refractivity contribution in [3.8, 4) is 22.9 Å². The molecule has 0 aliphatic heterocycles. The van der Waals surface area contributed by atoms with Crippen LogP contribution in [0.3, 0.4) is 0 Å². The molecule has 0 fully saturated rings. The van der Waals surface area contributed by atoms with E-state index in [4.69, 9.17) is 10.00 Å². The van der Waals surface area contributed by atoms with Crippen molar-refractivity contribution in [1.29, 1.82) is 5.26 Å². The fourth-order valence-electron chi connectivity index (χ4n) is 1.53. The number of ether oxygens (including phenoxy) is 1. The molecule has 0 radical (unpaired) electrons. The summed E-state index contributed by atoms with van der Waals surface area (Å²) in [6.07, 6.45) is 3.46. The van der Waals surface area contributed by atoms with Gasteiger partial charge in [-0.3, -0.25) is 4.98 Å². The number of benzene rings is 1. The SMILES string of the molecule is COc1ccc(C#N)cc1-c1cccnc1. The highest BCUT2D eigenvalue weighted by atomic mass is 16.5. The first-order valence-corrected chi connectivity index (χ1v) is 4.83. The Morgan fingerprint density at radius 1 is 1.31 bits per heavy atom. The summed E-state index contributed by atoms with van der Waals surface area (Å²) >= 11 is 0. The van der Waals surface area contributed by atoms with E-state index in [1.807, 2.05) is 12.1 Å². The zero-order valence-electron chi connectivity index (χ0n) is 8.84. The van der Waals surface area contributed by atoms with Crippen LogP contribution in [0.15, 0.2) is 42.7 Å². The van der Waals surface area contributed by atoms with E-state index in [2.05, 4.69) is 11.1 Å². The molecule has 0 bridgehead atoms. The second kappa shape index (κ2) is 4.45. The fourth-order valence-corrected chi connectivity index (χ4v) is 1.53. The highest BCUT2D eigenvalue weighted by Crippen LogP contribution is 2.29. The van der Waals surface area contributed by atoms with Crippen molar-refractivity contribution >= 4 is 0 Å². The fraction of sp³-hybridized carbons (Fsp3) is 0.0769. The van der Waals surface area contributed by atoms with Crippen molar-refractivity contribution in [2.24, 2.45) is 0 Å². The molecule has 0 atom stereocenters. The largest absolute Gasteiger partial charge is 0.496 e. The summed E-state index contributed by atoms with van der Waals surface area (Å²) < 4.78 is 5.26. The smallest absolute Gasteiger partial charge is 0.126 e. The maximum absolute atomic E-state index is 8.87. The minimum atomic E-state index is 0.611. The van der Waals surface area contributed by atoms with E-state index in [1.54, 1.807) is 37.7 Å². The summed E-state index contributed by atoms with van der Waals surface area (Å²) in [6.45, 7) is 0. The Kier molecular flexibility index (Phi) is 2.84. The van der Waals surface area contributed by atoms with Crippen molar-refractivity contribution in [2.75, 3.05) is 7.11 Å². The van der Waals surface area contributed by atoms with Crippen LogP contribution in [0.5, 0.6) is 5.75 Å². The Morgan fingerprint density at radius 2 is 2.19 bits per heavy atom. The first-order chi connectivity index (χ1) is 7.85. The van der Waals surface area contributed by atoms with E-state index >= 15 is 0 Å². The predicted octanol–water partition coefficient (Wildman–Crippen LogP) is 2.63. The van der Waals surface area contributed by atoms with E-state index in [1.165, 1.54) is 0 Å². The number of aromatic nitrogens is 1. The third-order valence-electron chi connectivity index (χ3n) is 2.30. The summed E-state index contributed by atoms with van der Waals surface area (Å²) in [7, 11) is 1.61. The summed E-state index contributed by atoms with van der Waals surface area (Å²) in [6, 6.07) is 11.2. The second-order valence-corrected chi connectivity index (χ2v) is 3.27. The van der Waals surface area contributed by atoms with Gasteiger partial charge >= 0.3 is 0 Å². The number of pyridine rings is 1. The maximum Gasteiger partial charge on any atom is 0.126 e. The average Bonchev–Trinajstić information content (AvgIpc) is 2.39. The average molecular weight is 210 g/mol. The molecule has 1 heterocycles. The van der Waals surface area contributed by atoms with Gasteiger partial charge in [-0.15, -0.1) is 0 Å². The zero-order chi connectivity index (χ0) is 11.4. The normalized spacial score (nSPS) is 9.50. The lowest BCUT2D eigenvalue weighted by Gasteiger charge is -2.08. The Morgan fingerprint density at radius 3 is 2.81 bits per heavy atom. The van der Waals surface area contributed by atoms with Crippen molar-refractivity contribution in [3.63, 3.8) is 0 Å². The summed E-state index contributed by atoms with van der Waals surface area (Å²) in [5.41, 5.74) is 2.44. The molecule has 1 aromatic carbocycles. The maximum atomic E-state index is 8.87. The van der Waals surface area contributed by atoms with Crippen LogP contribution in [0.1, 0.15) is 5.56 Å². The lowest BCUT2D eigenvalue weighted by atomic mass is 10.0. The molecule has 3 heteroatoms. The highest BCUT2D eigenvalue weighted by molar-refractivity contribution is 5.71. The summed E-state index contributed by atoms with van der Waals surface area (Å²) in [4.78, 5) is 4.05. The molecule has 0 N–H and O–H groups in total. The molecule has 3 nitrogen and oxygen atoms in total. The molecule has 0 aliphatic rings. The molecule has 78 valence electrons. The number of nitrogens with zero attached hydrogens (tertiary/aromatic N) is 2. The molecular formula is C13H10N2O. The number of methoxy groups -OCH3 is 1. The van der Waals surface area contributed by atoms with Crippen LogP contribution in [0.4, 0.5) is 0 Å². The molecule has 0 saturated heterocycles. The molecular weight excluding hydrogens is 200 g/mol. The van der Waals surface area contributed by atoms with Crippen molar-refractivity contribution in [1.82, 2.24) is 4.98 Å². The molecule has 16 heavy (non-hydrogen) atoms. The van der Waals surface area contributed by atoms with Crippen LogP contribution in [-0.4, -0.2) is 12.1 Å². The number of nitriles is 1. The van der Waals surface area contributed by atoms with E-state index < -0.39 is 0 Å². The van der Waals surface area contributed by atoms with E-state index in [0.29, 0.717) is 5.56 Å².